The molecule has 3 nitrogen and oxygen atoms in total. The van der Waals surface area contributed by atoms with Crippen LogP contribution in [0.15, 0.2) is 11.6 Å². The van der Waals surface area contributed by atoms with Crippen molar-refractivity contribution in [2.24, 2.45) is 0 Å². The van der Waals surface area contributed by atoms with E-state index in [1.807, 2.05) is 6.92 Å². The fourth-order valence-electron chi connectivity index (χ4n) is 1.18. The molecule has 0 radical (unpaired) electrons. The maximum Gasteiger partial charge on any atom is 0.224 e. The number of alkyl halides is 1. The highest BCUT2D eigenvalue weighted by Gasteiger charge is 2.21. The first-order chi connectivity index (χ1) is 5.56. The van der Waals surface area contributed by atoms with Crippen molar-refractivity contribution in [3.8, 4) is 0 Å². The van der Waals surface area contributed by atoms with Gasteiger partial charge in [-0.25, -0.2) is 8.42 Å². The fourth-order valence-corrected chi connectivity index (χ4v) is 2.97. The number of hydrogen-bond donors (Lipinski definition) is 0. The Hall–Kier alpha value is 0.130. The van der Waals surface area contributed by atoms with E-state index >= 15 is 0 Å². The van der Waals surface area contributed by atoms with Crippen molar-refractivity contribution in [3.05, 3.63) is 11.6 Å². The predicted molar refractivity (Wildman–Crippen MR) is 52.7 cm³/mol. The molecule has 1 heterocycles. The summed E-state index contributed by atoms with van der Waals surface area (Å²) < 4.78 is 24.2. The van der Waals surface area contributed by atoms with E-state index < -0.39 is 10.0 Å². The van der Waals surface area contributed by atoms with Crippen LogP contribution in [0.1, 0.15) is 13.3 Å². The normalized spacial score (nSPS) is 20.7. The van der Waals surface area contributed by atoms with Gasteiger partial charge in [-0.15, -0.1) is 0 Å². The molecule has 0 N–H and O–H groups in total. The summed E-state index contributed by atoms with van der Waals surface area (Å²) in [6, 6.07) is 0. The van der Waals surface area contributed by atoms with Crippen molar-refractivity contribution in [2.75, 3.05) is 17.8 Å². The smallest absolute Gasteiger partial charge is 0.211 e. The van der Waals surface area contributed by atoms with Gasteiger partial charge in [0.1, 0.15) is 4.66 Å². The Balaban J connectivity index is 2.74. The number of nitrogens with zero attached hydrogens (tertiary/aromatic N) is 1. The zero-order valence-electron chi connectivity index (χ0n) is 6.96. The molecule has 0 aliphatic carbocycles. The molecule has 0 amide bonds. The Bertz CT molecular complexity index is 284. The van der Waals surface area contributed by atoms with Crippen LogP contribution in [0, 0.1) is 0 Å². The van der Waals surface area contributed by atoms with Crippen LogP contribution < -0.4 is 0 Å². The lowest BCUT2D eigenvalue weighted by Crippen LogP contribution is -2.35. The van der Waals surface area contributed by atoms with Crippen molar-refractivity contribution in [2.45, 2.75) is 13.3 Å². The minimum Gasteiger partial charge on any atom is -0.211 e. The molecular weight excluding hydrogens is 242 g/mol. The molecule has 0 saturated carbocycles. The molecule has 0 atom stereocenters. The molecule has 1 aliphatic rings. The number of rotatable bonds is 2. The summed E-state index contributed by atoms with van der Waals surface area (Å²) in [5.41, 5.74) is 1.13. The molecule has 0 fully saturated rings. The van der Waals surface area contributed by atoms with Crippen molar-refractivity contribution in [1.29, 1.82) is 0 Å². The van der Waals surface area contributed by atoms with Gasteiger partial charge in [-0.05, 0) is 13.3 Å². The summed E-state index contributed by atoms with van der Waals surface area (Å²) in [5.74, 6) is 0. The standard InChI is InChI=1S/C7H12BrNO2S/c1-7-3-2-4-9(5-7)12(10,11)6-8/h3H,2,4-6H2,1H3. The summed E-state index contributed by atoms with van der Waals surface area (Å²) in [5, 5.41) is 0. The molecule has 0 aromatic carbocycles. The molecule has 0 unspecified atom stereocenters. The summed E-state index contributed by atoms with van der Waals surface area (Å²) >= 11 is 2.98. The molecule has 1 aliphatic heterocycles. The second kappa shape index (κ2) is 3.89. The monoisotopic (exact) mass is 253 g/mol. The van der Waals surface area contributed by atoms with Crippen molar-refractivity contribution in [3.63, 3.8) is 0 Å². The first kappa shape index (κ1) is 10.2. The molecule has 0 saturated heterocycles. The van der Waals surface area contributed by atoms with Crippen molar-refractivity contribution in [1.82, 2.24) is 4.31 Å². The van der Waals surface area contributed by atoms with Gasteiger partial charge in [-0.3, -0.25) is 0 Å². The largest absolute Gasteiger partial charge is 0.224 e. The maximum atomic E-state index is 11.4. The molecule has 0 spiro atoms. The third kappa shape index (κ3) is 2.31. The van der Waals surface area contributed by atoms with Crippen molar-refractivity contribution >= 4 is 26.0 Å². The average molecular weight is 254 g/mol. The Morgan fingerprint density at radius 3 is 2.83 bits per heavy atom. The van der Waals surface area contributed by atoms with Crippen LogP contribution in [0.3, 0.4) is 0 Å². The average Bonchev–Trinajstić information content (AvgIpc) is 2.05. The van der Waals surface area contributed by atoms with E-state index in [4.69, 9.17) is 0 Å². The molecule has 0 aromatic rings. The Labute approximate surface area is 81.6 Å². The van der Waals surface area contributed by atoms with Gasteiger partial charge >= 0.3 is 0 Å². The highest BCUT2D eigenvalue weighted by atomic mass is 79.9. The van der Waals surface area contributed by atoms with Gasteiger partial charge in [0.25, 0.3) is 0 Å². The number of halogens is 1. The van der Waals surface area contributed by atoms with Crippen molar-refractivity contribution < 1.29 is 8.42 Å². The lowest BCUT2D eigenvalue weighted by molar-refractivity contribution is 0.431. The molecule has 0 bridgehead atoms. The van der Waals surface area contributed by atoms with Crippen LogP contribution in [0.4, 0.5) is 0 Å². The van der Waals surface area contributed by atoms with Crippen LogP contribution in [0.5, 0.6) is 0 Å². The summed E-state index contributed by atoms with van der Waals surface area (Å²) in [7, 11) is -3.05. The van der Waals surface area contributed by atoms with Gasteiger partial charge in [0.2, 0.25) is 10.0 Å². The summed E-state index contributed by atoms with van der Waals surface area (Å²) in [6.45, 7) is 3.12. The van der Waals surface area contributed by atoms with Gasteiger partial charge < -0.3 is 0 Å². The van der Waals surface area contributed by atoms with Crippen LogP contribution in [0.25, 0.3) is 0 Å². The minimum absolute atomic E-state index is 0.0211. The van der Waals surface area contributed by atoms with Crippen LogP contribution in [0.2, 0.25) is 0 Å². The van der Waals surface area contributed by atoms with Crippen LogP contribution >= 0.6 is 15.9 Å². The number of hydrogen-bond acceptors (Lipinski definition) is 2. The topological polar surface area (TPSA) is 37.4 Å². The Morgan fingerprint density at radius 1 is 1.67 bits per heavy atom. The van der Waals surface area contributed by atoms with Gasteiger partial charge in [0.15, 0.2) is 0 Å². The maximum absolute atomic E-state index is 11.4. The van der Waals surface area contributed by atoms with E-state index in [1.54, 1.807) is 0 Å². The minimum atomic E-state index is -3.05. The van der Waals surface area contributed by atoms with E-state index in [0.29, 0.717) is 13.1 Å². The molecule has 1 rings (SSSR count). The molecule has 12 heavy (non-hydrogen) atoms. The van der Waals surface area contributed by atoms with E-state index in [2.05, 4.69) is 22.0 Å². The first-order valence-electron chi connectivity index (χ1n) is 3.75. The molecule has 0 aromatic heterocycles. The fraction of sp³-hybridized carbons (Fsp3) is 0.714. The third-order valence-corrected chi connectivity index (χ3v) is 4.94. The second-order valence-corrected chi connectivity index (χ2v) is 6.17. The van der Waals surface area contributed by atoms with Gasteiger partial charge in [0, 0.05) is 13.1 Å². The zero-order valence-corrected chi connectivity index (χ0v) is 9.36. The number of sulfonamides is 1. The van der Waals surface area contributed by atoms with Crippen LogP contribution in [-0.2, 0) is 10.0 Å². The Morgan fingerprint density at radius 2 is 2.33 bits per heavy atom. The van der Waals surface area contributed by atoms with E-state index in [0.717, 1.165) is 12.0 Å². The predicted octanol–water partition coefficient (Wildman–Crippen LogP) is 1.32. The van der Waals surface area contributed by atoms with E-state index in [-0.39, 0.29) is 4.66 Å². The molecular formula is C7H12BrNO2S. The Kier molecular flexibility index (Phi) is 3.31. The van der Waals surface area contributed by atoms with Gasteiger partial charge in [-0.2, -0.15) is 4.31 Å². The van der Waals surface area contributed by atoms with Gasteiger partial charge in [0.05, 0.1) is 0 Å². The third-order valence-electron chi connectivity index (χ3n) is 1.83. The lowest BCUT2D eigenvalue weighted by Gasteiger charge is -2.24. The summed E-state index contributed by atoms with van der Waals surface area (Å²) in [4.78, 5) is 0. The molecule has 5 heteroatoms. The second-order valence-electron chi connectivity index (χ2n) is 2.89. The highest BCUT2D eigenvalue weighted by molar-refractivity contribution is 9.10. The van der Waals surface area contributed by atoms with E-state index in [9.17, 15) is 8.42 Å². The van der Waals surface area contributed by atoms with Crippen LogP contribution in [-0.4, -0.2) is 30.5 Å². The quantitative estimate of drug-likeness (QED) is 0.550. The summed E-state index contributed by atoms with van der Waals surface area (Å²) in [6.07, 6.45) is 2.91. The highest BCUT2D eigenvalue weighted by Crippen LogP contribution is 2.14. The van der Waals surface area contributed by atoms with E-state index in [1.165, 1.54) is 4.31 Å². The first-order valence-corrected chi connectivity index (χ1v) is 6.49. The molecule has 70 valence electrons. The zero-order chi connectivity index (χ0) is 9.19. The lowest BCUT2D eigenvalue weighted by atomic mass is 10.2. The van der Waals surface area contributed by atoms with Gasteiger partial charge in [-0.1, -0.05) is 27.6 Å². The SMILES string of the molecule is CC1=CCCN(S(=O)(=O)CBr)C1.